The number of aliphatic hydroxyl groups is 1. The number of hydrogen-bond acceptors (Lipinski definition) is 3. The molecule has 3 nitrogen and oxygen atoms in total. The smallest absolute Gasteiger partial charge is 0.128 e. The fraction of sp³-hybridized carbons (Fsp3) is 0.556. The summed E-state index contributed by atoms with van der Waals surface area (Å²) in [6, 6.07) is 0. The largest absolute Gasteiger partial charge is 0.396 e. The lowest BCUT2D eigenvalue weighted by molar-refractivity contribution is 0.209. The zero-order chi connectivity index (χ0) is 9.31. The molecule has 13 heavy (non-hydrogen) atoms. The van der Waals surface area contributed by atoms with Gasteiger partial charge in [-0.2, -0.15) is 0 Å². The summed E-state index contributed by atoms with van der Waals surface area (Å²) in [4.78, 5) is 8.36. The van der Waals surface area contributed by atoms with Gasteiger partial charge in [-0.25, -0.2) is 9.97 Å². The van der Waals surface area contributed by atoms with E-state index in [-0.39, 0.29) is 12.0 Å². The number of hydrogen-bond donors (Lipinski definition) is 1. The summed E-state index contributed by atoms with van der Waals surface area (Å²) in [7, 11) is 0. The Balaban J connectivity index is 2.06. The highest BCUT2D eigenvalue weighted by molar-refractivity contribution is 9.10. The Kier molecular flexibility index (Phi) is 2.34. The van der Waals surface area contributed by atoms with Crippen LogP contribution < -0.4 is 0 Å². The first-order valence-corrected chi connectivity index (χ1v) is 5.11. The highest BCUT2D eigenvalue weighted by Gasteiger charge is 2.42. The van der Waals surface area contributed by atoms with Crippen molar-refractivity contribution in [2.24, 2.45) is 5.41 Å². The van der Waals surface area contributed by atoms with Crippen LogP contribution in [-0.2, 0) is 6.42 Å². The molecule has 1 fully saturated rings. The highest BCUT2D eigenvalue weighted by Crippen LogP contribution is 2.47. The van der Waals surface area contributed by atoms with Gasteiger partial charge >= 0.3 is 0 Å². The molecular formula is C9H11BrN2O. The van der Waals surface area contributed by atoms with E-state index in [0.717, 1.165) is 29.6 Å². The number of aliphatic hydroxyl groups excluding tert-OH is 1. The summed E-state index contributed by atoms with van der Waals surface area (Å²) in [5, 5.41) is 9.11. The fourth-order valence-corrected chi connectivity index (χ4v) is 1.54. The summed E-state index contributed by atoms with van der Waals surface area (Å²) in [5.74, 6) is 0.828. The van der Waals surface area contributed by atoms with Crippen LogP contribution in [-0.4, -0.2) is 21.7 Å². The Bertz CT molecular complexity index is 295. The van der Waals surface area contributed by atoms with Crippen molar-refractivity contribution in [3.8, 4) is 0 Å². The molecule has 0 bridgehead atoms. The van der Waals surface area contributed by atoms with E-state index in [1.54, 1.807) is 12.4 Å². The summed E-state index contributed by atoms with van der Waals surface area (Å²) in [6.45, 7) is 0.256. The standard InChI is InChI=1S/C9H11BrN2O/c10-7-4-11-8(12-5-7)3-9(6-13)1-2-9/h4-5,13H,1-3,6H2. The summed E-state index contributed by atoms with van der Waals surface area (Å²) in [5.41, 5.74) is 0.105. The lowest BCUT2D eigenvalue weighted by atomic mass is 10.0. The van der Waals surface area contributed by atoms with Crippen molar-refractivity contribution in [2.45, 2.75) is 19.3 Å². The first-order chi connectivity index (χ1) is 6.24. The predicted octanol–water partition coefficient (Wildman–Crippen LogP) is 1.55. The van der Waals surface area contributed by atoms with E-state index in [4.69, 9.17) is 5.11 Å². The molecule has 0 unspecified atom stereocenters. The second-order valence-corrected chi connectivity index (χ2v) is 4.57. The monoisotopic (exact) mass is 242 g/mol. The van der Waals surface area contributed by atoms with Gasteiger partial charge in [0.25, 0.3) is 0 Å². The van der Waals surface area contributed by atoms with Crippen LogP contribution in [0.3, 0.4) is 0 Å². The van der Waals surface area contributed by atoms with Gasteiger partial charge in [0.2, 0.25) is 0 Å². The van der Waals surface area contributed by atoms with Crippen LogP contribution in [0.15, 0.2) is 16.9 Å². The lowest BCUT2D eigenvalue weighted by Crippen LogP contribution is -2.12. The molecule has 1 aromatic heterocycles. The van der Waals surface area contributed by atoms with E-state index < -0.39 is 0 Å². The van der Waals surface area contributed by atoms with Crippen molar-refractivity contribution < 1.29 is 5.11 Å². The number of halogens is 1. The van der Waals surface area contributed by atoms with Crippen molar-refractivity contribution in [1.29, 1.82) is 0 Å². The fourth-order valence-electron chi connectivity index (χ4n) is 1.33. The van der Waals surface area contributed by atoms with Crippen LogP contribution in [0.25, 0.3) is 0 Å². The minimum atomic E-state index is 0.105. The van der Waals surface area contributed by atoms with E-state index >= 15 is 0 Å². The molecular weight excluding hydrogens is 232 g/mol. The molecule has 0 aliphatic heterocycles. The molecule has 1 aliphatic carbocycles. The Morgan fingerprint density at radius 3 is 2.46 bits per heavy atom. The van der Waals surface area contributed by atoms with E-state index in [2.05, 4.69) is 25.9 Å². The van der Waals surface area contributed by atoms with Gasteiger partial charge < -0.3 is 5.11 Å². The second-order valence-electron chi connectivity index (χ2n) is 3.65. The first kappa shape index (κ1) is 9.09. The van der Waals surface area contributed by atoms with Crippen LogP contribution in [0.1, 0.15) is 18.7 Å². The summed E-state index contributed by atoms with van der Waals surface area (Å²) >= 11 is 3.28. The zero-order valence-corrected chi connectivity index (χ0v) is 8.79. The third-order valence-electron chi connectivity index (χ3n) is 2.50. The van der Waals surface area contributed by atoms with Gasteiger partial charge in [-0.15, -0.1) is 0 Å². The number of aromatic nitrogens is 2. The highest BCUT2D eigenvalue weighted by atomic mass is 79.9. The van der Waals surface area contributed by atoms with E-state index in [1.165, 1.54) is 0 Å². The van der Waals surface area contributed by atoms with Crippen LogP contribution in [0, 0.1) is 5.41 Å². The maximum atomic E-state index is 9.11. The minimum Gasteiger partial charge on any atom is -0.396 e. The van der Waals surface area contributed by atoms with Gasteiger partial charge in [-0.3, -0.25) is 0 Å². The predicted molar refractivity (Wildman–Crippen MR) is 52.2 cm³/mol. The van der Waals surface area contributed by atoms with Gasteiger partial charge in [0.15, 0.2) is 0 Å². The van der Waals surface area contributed by atoms with Gasteiger partial charge in [0, 0.05) is 30.8 Å². The van der Waals surface area contributed by atoms with Crippen LogP contribution >= 0.6 is 15.9 Å². The molecule has 1 heterocycles. The molecule has 2 rings (SSSR count). The van der Waals surface area contributed by atoms with Gasteiger partial charge in [0.05, 0.1) is 4.47 Å². The molecule has 0 aromatic carbocycles. The number of nitrogens with zero attached hydrogens (tertiary/aromatic N) is 2. The molecule has 0 amide bonds. The Hall–Kier alpha value is -0.480. The average molecular weight is 243 g/mol. The normalized spacial score (nSPS) is 18.6. The molecule has 1 aromatic rings. The van der Waals surface area contributed by atoms with Crippen molar-refractivity contribution in [3.05, 3.63) is 22.7 Å². The average Bonchev–Trinajstić information content (AvgIpc) is 2.90. The number of rotatable bonds is 3. The van der Waals surface area contributed by atoms with E-state index in [1.807, 2.05) is 0 Å². The SMILES string of the molecule is OCC1(Cc2ncc(Br)cn2)CC1. The van der Waals surface area contributed by atoms with Crippen LogP contribution in [0.4, 0.5) is 0 Å². The van der Waals surface area contributed by atoms with Crippen molar-refractivity contribution in [3.63, 3.8) is 0 Å². The third-order valence-corrected chi connectivity index (χ3v) is 2.91. The van der Waals surface area contributed by atoms with Gasteiger partial charge in [-0.1, -0.05) is 0 Å². The van der Waals surface area contributed by atoms with E-state index in [9.17, 15) is 0 Å². The van der Waals surface area contributed by atoms with Crippen molar-refractivity contribution in [1.82, 2.24) is 9.97 Å². The second kappa shape index (κ2) is 3.35. The molecule has 1 saturated carbocycles. The van der Waals surface area contributed by atoms with Gasteiger partial charge in [-0.05, 0) is 28.8 Å². The maximum Gasteiger partial charge on any atom is 0.128 e. The van der Waals surface area contributed by atoms with E-state index in [0.29, 0.717) is 0 Å². The molecule has 0 atom stereocenters. The first-order valence-electron chi connectivity index (χ1n) is 4.31. The van der Waals surface area contributed by atoms with Crippen LogP contribution in [0.5, 0.6) is 0 Å². The molecule has 4 heteroatoms. The van der Waals surface area contributed by atoms with Crippen molar-refractivity contribution >= 4 is 15.9 Å². The summed E-state index contributed by atoms with van der Waals surface area (Å²) < 4.78 is 0.894. The molecule has 0 saturated heterocycles. The third kappa shape index (κ3) is 2.06. The summed E-state index contributed by atoms with van der Waals surface area (Å²) in [6.07, 6.45) is 6.49. The molecule has 1 N–H and O–H groups in total. The lowest BCUT2D eigenvalue weighted by Gasteiger charge is -2.08. The molecule has 70 valence electrons. The molecule has 1 aliphatic rings. The Morgan fingerprint density at radius 2 is 2.00 bits per heavy atom. The molecule has 0 spiro atoms. The Morgan fingerprint density at radius 1 is 1.38 bits per heavy atom. The minimum absolute atomic E-state index is 0.105. The Labute approximate surface area is 85.4 Å². The topological polar surface area (TPSA) is 46.0 Å². The van der Waals surface area contributed by atoms with Crippen LogP contribution in [0.2, 0.25) is 0 Å². The zero-order valence-electron chi connectivity index (χ0n) is 7.20. The van der Waals surface area contributed by atoms with Crippen molar-refractivity contribution in [2.75, 3.05) is 6.61 Å². The van der Waals surface area contributed by atoms with Gasteiger partial charge in [0.1, 0.15) is 5.82 Å². The maximum absolute atomic E-state index is 9.11. The molecule has 0 radical (unpaired) electrons. The quantitative estimate of drug-likeness (QED) is 0.876.